The van der Waals surface area contributed by atoms with Crippen molar-refractivity contribution in [2.24, 2.45) is 0 Å². The summed E-state index contributed by atoms with van der Waals surface area (Å²) < 4.78 is 5.28. The van der Waals surface area contributed by atoms with Crippen molar-refractivity contribution in [1.29, 1.82) is 0 Å². The molecule has 1 aromatic heterocycles. The number of thiazole rings is 1. The molecule has 22 heavy (non-hydrogen) atoms. The maximum Gasteiger partial charge on any atom is 0.335 e. The Bertz CT molecular complexity index is 761. The average molecular weight is 313 g/mol. The summed E-state index contributed by atoms with van der Waals surface area (Å²) in [6, 6.07) is 6.85. The highest BCUT2D eigenvalue weighted by Gasteiger charge is 2.13. The third-order valence-corrected chi connectivity index (χ3v) is 4.41. The number of aromatic carboxylic acids is 1. The van der Waals surface area contributed by atoms with Crippen LogP contribution in [0.15, 0.2) is 47.9 Å². The molecule has 4 nitrogen and oxygen atoms in total. The Hall–Kier alpha value is -2.24. The molecule has 2 aromatic rings. The first-order chi connectivity index (χ1) is 10.7. The molecule has 0 amide bonds. The zero-order valence-corrected chi connectivity index (χ0v) is 12.8. The van der Waals surface area contributed by atoms with E-state index < -0.39 is 5.97 Å². The number of allylic oxidation sites excluding steroid dienone is 2. The second-order valence-corrected chi connectivity index (χ2v) is 5.81. The van der Waals surface area contributed by atoms with E-state index in [1.54, 1.807) is 25.3 Å². The molecule has 1 aromatic carbocycles. The Morgan fingerprint density at radius 1 is 1.45 bits per heavy atom. The number of nitrogens with zero attached hydrogens (tertiary/aromatic N) is 1. The molecule has 0 radical (unpaired) electrons. The van der Waals surface area contributed by atoms with E-state index in [-0.39, 0.29) is 11.7 Å². The minimum atomic E-state index is -0.929. The molecule has 1 heterocycles. The van der Waals surface area contributed by atoms with Gasteiger partial charge in [0.1, 0.15) is 5.01 Å². The van der Waals surface area contributed by atoms with E-state index in [1.807, 2.05) is 23.6 Å². The Morgan fingerprint density at radius 2 is 2.32 bits per heavy atom. The van der Waals surface area contributed by atoms with Gasteiger partial charge < -0.3 is 9.84 Å². The van der Waals surface area contributed by atoms with Gasteiger partial charge in [-0.3, -0.25) is 0 Å². The normalized spacial score (nSPS) is 17.3. The molecule has 0 saturated heterocycles. The highest BCUT2D eigenvalue weighted by Crippen LogP contribution is 2.29. The minimum absolute atomic E-state index is 0.133. The molecule has 3 rings (SSSR count). The second-order valence-electron chi connectivity index (χ2n) is 4.95. The topological polar surface area (TPSA) is 59.4 Å². The van der Waals surface area contributed by atoms with Crippen LogP contribution < -0.4 is 0 Å². The maximum atomic E-state index is 11.0. The van der Waals surface area contributed by atoms with Gasteiger partial charge in [0, 0.05) is 18.1 Å². The van der Waals surface area contributed by atoms with Gasteiger partial charge in [0.2, 0.25) is 0 Å². The standard InChI is InChI=1S/C17H15NO3S/c1-21-14-7-5-11(6-8-14)15-10-22-16(18-15)12-3-2-4-13(9-12)17(19)20/h2-7,9-10,14H,8H2,1H3,(H,19,20). The summed E-state index contributed by atoms with van der Waals surface area (Å²) in [5.41, 5.74) is 3.08. The van der Waals surface area contributed by atoms with Gasteiger partial charge in [-0.15, -0.1) is 11.3 Å². The van der Waals surface area contributed by atoms with Crippen molar-refractivity contribution in [3.05, 3.63) is 59.1 Å². The summed E-state index contributed by atoms with van der Waals surface area (Å²) >= 11 is 1.51. The molecule has 1 aliphatic carbocycles. The number of benzene rings is 1. The molecule has 112 valence electrons. The number of carboxylic acid groups (broad SMARTS) is 1. The first kappa shape index (κ1) is 14.7. The molecular weight excluding hydrogens is 298 g/mol. The van der Waals surface area contributed by atoms with Crippen molar-refractivity contribution in [2.75, 3.05) is 7.11 Å². The van der Waals surface area contributed by atoms with Crippen LogP contribution in [0.2, 0.25) is 0 Å². The van der Waals surface area contributed by atoms with E-state index in [9.17, 15) is 4.79 Å². The quantitative estimate of drug-likeness (QED) is 0.931. The lowest BCUT2D eigenvalue weighted by Gasteiger charge is -2.13. The summed E-state index contributed by atoms with van der Waals surface area (Å²) in [5, 5.41) is 11.9. The van der Waals surface area contributed by atoms with Gasteiger partial charge in [-0.25, -0.2) is 9.78 Å². The molecule has 1 N–H and O–H groups in total. The van der Waals surface area contributed by atoms with Crippen LogP contribution in [0.25, 0.3) is 16.1 Å². The van der Waals surface area contributed by atoms with E-state index in [1.165, 1.54) is 11.3 Å². The molecule has 0 spiro atoms. The molecule has 0 bridgehead atoms. The van der Waals surface area contributed by atoms with Crippen LogP contribution in [0.4, 0.5) is 0 Å². The van der Waals surface area contributed by atoms with Crippen LogP contribution in [0, 0.1) is 0 Å². The number of carboxylic acids is 1. The Morgan fingerprint density at radius 3 is 3.00 bits per heavy atom. The fourth-order valence-electron chi connectivity index (χ4n) is 2.29. The number of hydrogen-bond acceptors (Lipinski definition) is 4. The molecule has 0 aliphatic heterocycles. The van der Waals surface area contributed by atoms with E-state index in [0.29, 0.717) is 0 Å². The van der Waals surface area contributed by atoms with Crippen molar-refractivity contribution < 1.29 is 14.6 Å². The van der Waals surface area contributed by atoms with Gasteiger partial charge in [0.25, 0.3) is 0 Å². The number of carbonyl (C=O) groups is 1. The smallest absolute Gasteiger partial charge is 0.335 e. The SMILES string of the molecule is COC1C=CC(c2csc(-c3cccc(C(=O)O)c3)n2)=CC1. The second kappa shape index (κ2) is 6.25. The Labute approximate surface area is 132 Å². The minimum Gasteiger partial charge on any atom is -0.478 e. The molecular formula is C17H15NO3S. The first-order valence-electron chi connectivity index (χ1n) is 6.88. The van der Waals surface area contributed by atoms with Crippen LogP contribution in [-0.2, 0) is 4.74 Å². The summed E-state index contributed by atoms with van der Waals surface area (Å²) in [6.07, 6.45) is 7.13. The van der Waals surface area contributed by atoms with Crippen LogP contribution in [0.1, 0.15) is 22.5 Å². The third kappa shape index (κ3) is 3.00. The molecule has 0 saturated carbocycles. The summed E-state index contributed by atoms with van der Waals surface area (Å²) in [7, 11) is 1.70. The van der Waals surface area contributed by atoms with E-state index in [2.05, 4.69) is 11.1 Å². The highest BCUT2D eigenvalue weighted by molar-refractivity contribution is 7.13. The van der Waals surface area contributed by atoms with Crippen LogP contribution in [0.5, 0.6) is 0 Å². The summed E-state index contributed by atoms with van der Waals surface area (Å²) in [4.78, 5) is 15.7. The van der Waals surface area contributed by atoms with Gasteiger partial charge in [0.05, 0.1) is 17.4 Å². The number of aromatic nitrogens is 1. The number of ether oxygens (including phenoxy) is 1. The number of methoxy groups -OCH3 is 1. The number of hydrogen-bond donors (Lipinski definition) is 1. The van der Waals surface area contributed by atoms with Crippen molar-refractivity contribution in [3.63, 3.8) is 0 Å². The molecule has 1 atom stereocenters. The molecule has 0 fully saturated rings. The van der Waals surface area contributed by atoms with E-state index in [4.69, 9.17) is 9.84 Å². The Kier molecular flexibility index (Phi) is 4.18. The molecule has 5 heteroatoms. The Balaban J connectivity index is 1.86. The summed E-state index contributed by atoms with van der Waals surface area (Å²) in [5.74, 6) is -0.929. The highest BCUT2D eigenvalue weighted by atomic mass is 32.1. The third-order valence-electron chi connectivity index (χ3n) is 3.52. The van der Waals surface area contributed by atoms with Crippen molar-refractivity contribution in [1.82, 2.24) is 4.98 Å². The van der Waals surface area contributed by atoms with Gasteiger partial charge in [0.15, 0.2) is 0 Å². The lowest BCUT2D eigenvalue weighted by molar-refractivity contribution is 0.0697. The monoisotopic (exact) mass is 313 g/mol. The largest absolute Gasteiger partial charge is 0.478 e. The fourth-order valence-corrected chi connectivity index (χ4v) is 3.12. The van der Waals surface area contributed by atoms with Crippen LogP contribution in [0.3, 0.4) is 0 Å². The average Bonchev–Trinajstić information content (AvgIpc) is 3.05. The lowest BCUT2D eigenvalue weighted by Crippen LogP contribution is -2.08. The van der Waals surface area contributed by atoms with Crippen LogP contribution >= 0.6 is 11.3 Å². The zero-order valence-electron chi connectivity index (χ0n) is 12.0. The number of rotatable bonds is 4. The van der Waals surface area contributed by atoms with Gasteiger partial charge >= 0.3 is 5.97 Å². The zero-order chi connectivity index (χ0) is 15.5. The first-order valence-corrected chi connectivity index (χ1v) is 7.76. The molecule has 1 aliphatic rings. The lowest BCUT2D eigenvalue weighted by atomic mass is 10.0. The van der Waals surface area contributed by atoms with Crippen molar-refractivity contribution >= 4 is 22.9 Å². The van der Waals surface area contributed by atoms with Crippen molar-refractivity contribution in [3.8, 4) is 10.6 Å². The maximum absolute atomic E-state index is 11.0. The van der Waals surface area contributed by atoms with Gasteiger partial charge in [-0.05, 0) is 24.1 Å². The van der Waals surface area contributed by atoms with Crippen LogP contribution in [-0.4, -0.2) is 29.3 Å². The summed E-state index contributed by atoms with van der Waals surface area (Å²) in [6.45, 7) is 0. The molecule has 1 unspecified atom stereocenters. The van der Waals surface area contributed by atoms with E-state index >= 15 is 0 Å². The van der Waals surface area contributed by atoms with Gasteiger partial charge in [-0.1, -0.05) is 30.4 Å². The predicted molar refractivity (Wildman–Crippen MR) is 87.0 cm³/mol. The van der Waals surface area contributed by atoms with E-state index in [0.717, 1.165) is 28.3 Å². The predicted octanol–water partition coefficient (Wildman–Crippen LogP) is 3.87. The van der Waals surface area contributed by atoms with Gasteiger partial charge in [-0.2, -0.15) is 0 Å². The fraction of sp³-hybridized carbons (Fsp3) is 0.176. The van der Waals surface area contributed by atoms with Crippen molar-refractivity contribution in [2.45, 2.75) is 12.5 Å².